The highest BCUT2D eigenvalue weighted by Crippen LogP contribution is 2.33. The molecule has 1 aliphatic rings. The predicted octanol–water partition coefficient (Wildman–Crippen LogP) is 3.61. The van der Waals surface area contributed by atoms with E-state index in [4.69, 9.17) is 9.47 Å². The van der Waals surface area contributed by atoms with Crippen LogP contribution in [0.1, 0.15) is 33.3 Å². The molecule has 2 heterocycles. The van der Waals surface area contributed by atoms with E-state index < -0.39 is 15.3 Å². The van der Waals surface area contributed by atoms with Gasteiger partial charge in [-0.05, 0) is 49.7 Å². The molecule has 0 fully saturated rings. The monoisotopic (exact) mass is 518 g/mol. The fourth-order valence-electron chi connectivity index (χ4n) is 3.95. The number of hydrogen-bond donors (Lipinski definition) is 1. The number of carbonyl (C=O) groups is 1. The van der Waals surface area contributed by atoms with Crippen LogP contribution >= 0.6 is 11.8 Å². The zero-order valence-electron chi connectivity index (χ0n) is 20.3. The largest absolute Gasteiger partial charge is 0.454 e. The standard InChI is InChI=1S/C24H30N4O5S2/c1-5-27(6-2)35(30,31)18-9-10-20-19(13-18)26-24(28(20)7-3)34-16(4)23(29)25-14-17-8-11-21-22(12-17)33-15-32-21/h8-13,16H,5-7,14-15H2,1-4H3,(H,25,29). The average Bonchev–Trinajstić information content (AvgIpc) is 3.45. The van der Waals surface area contributed by atoms with Crippen molar-refractivity contribution < 1.29 is 22.7 Å². The number of thioether (sulfide) groups is 1. The van der Waals surface area contributed by atoms with Crippen molar-refractivity contribution in [3.8, 4) is 11.5 Å². The normalized spacial score (nSPS) is 14.0. The van der Waals surface area contributed by atoms with Gasteiger partial charge in [-0.1, -0.05) is 31.7 Å². The summed E-state index contributed by atoms with van der Waals surface area (Å²) >= 11 is 1.35. The quantitative estimate of drug-likeness (QED) is 0.409. The van der Waals surface area contributed by atoms with E-state index in [1.54, 1.807) is 18.2 Å². The van der Waals surface area contributed by atoms with Crippen LogP contribution in [0.5, 0.6) is 11.5 Å². The van der Waals surface area contributed by atoms with Crippen molar-refractivity contribution in [2.24, 2.45) is 0 Å². The number of hydrogen-bond acceptors (Lipinski definition) is 7. The number of ether oxygens (including phenoxy) is 2. The molecule has 3 aromatic rings. The van der Waals surface area contributed by atoms with Crippen LogP contribution in [0.25, 0.3) is 11.0 Å². The van der Waals surface area contributed by atoms with E-state index in [0.29, 0.717) is 48.4 Å². The number of sulfonamides is 1. The van der Waals surface area contributed by atoms with Crippen LogP contribution in [-0.2, 0) is 27.9 Å². The summed E-state index contributed by atoms with van der Waals surface area (Å²) in [7, 11) is -3.58. The Hall–Kier alpha value is -2.76. The first kappa shape index (κ1) is 25.3. The molecule has 1 aliphatic heterocycles. The highest BCUT2D eigenvalue weighted by molar-refractivity contribution is 8.00. The molecule has 188 valence electrons. The number of benzene rings is 2. The summed E-state index contributed by atoms with van der Waals surface area (Å²) in [6.45, 7) is 9.49. The van der Waals surface area contributed by atoms with Gasteiger partial charge in [0.2, 0.25) is 22.7 Å². The lowest BCUT2D eigenvalue weighted by Crippen LogP contribution is -2.30. The third-order valence-corrected chi connectivity index (χ3v) is 9.04. The van der Waals surface area contributed by atoms with Crippen molar-refractivity contribution in [3.05, 3.63) is 42.0 Å². The minimum absolute atomic E-state index is 0.118. The third kappa shape index (κ3) is 5.12. The summed E-state index contributed by atoms with van der Waals surface area (Å²) in [5.41, 5.74) is 2.35. The van der Waals surface area contributed by atoms with Crippen LogP contribution < -0.4 is 14.8 Å². The van der Waals surface area contributed by atoms with E-state index in [-0.39, 0.29) is 17.6 Å². The number of nitrogens with one attached hydrogen (secondary N) is 1. The van der Waals surface area contributed by atoms with Crippen LogP contribution in [0.4, 0.5) is 0 Å². The maximum Gasteiger partial charge on any atom is 0.243 e. The SMILES string of the molecule is CCN(CC)S(=O)(=O)c1ccc2c(c1)nc(SC(C)C(=O)NCc1ccc3c(c1)OCO3)n2CC. The topological polar surface area (TPSA) is 103 Å². The minimum Gasteiger partial charge on any atom is -0.454 e. The molecule has 0 spiro atoms. The third-order valence-electron chi connectivity index (χ3n) is 5.90. The number of imidazole rings is 1. The molecule has 0 aliphatic carbocycles. The molecule has 0 radical (unpaired) electrons. The lowest BCUT2D eigenvalue weighted by atomic mass is 10.2. The maximum atomic E-state index is 12.9. The molecule has 11 heteroatoms. The molecule has 1 unspecified atom stereocenters. The van der Waals surface area contributed by atoms with Crippen molar-refractivity contribution >= 4 is 38.7 Å². The number of aryl methyl sites for hydroxylation is 1. The maximum absolute atomic E-state index is 12.9. The number of carbonyl (C=O) groups excluding carboxylic acids is 1. The van der Waals surface area contributed by atoms with Gasteiger partial charge in [-0.2, -0.15) is 4.31 Å². The van der Waals surface area contributed by atoms with Gasteiger partial charge < -0.3 is 19.4 Å². The summed E-state index contributed by atoms with van der Waals surface area (Å²) < 4.78 is 40.0. The fourth-order valence-corrected chi connectivity index (χ4v) is 6.44. The van der Waals surface area contributed by atoms with Gasteiger partial charge in [0.1, 0.15) is 0 Å². The highest BCUT2D eigenvalue weighted by Gasteiger charge is 2.24. The Bertz CT molecular complexity index is 1340. The van der Waals surface area contributed by atoms with Crippen LogP contribution in [0.2, 0.25) is 0 Å². The van der Waals surface area contributed by atoms with Crippen molar-refractivity contribution in [1.29, 1.82) is 0 Å². The van der Waals surface area contributed by atoms with E-state index in [1.165, 1.54) is 16.1 Å². The molecule has 0 saturated carbocycles. The number of aromatic nitrogens is 2. The van der Waals surface area contributed by atoms with Gasteiger partial charge in [0.15, 0.2) is 16.7 Å². The van der Waals surface area contributed by atoms with E-state index in [2.05, 4.69) is 10.3 Å². The van der Waals surface area contributed by atoms with Crippen molar-refractivity contribution in [1.82, 2.24) is 19.2 Å². The minimum atomic E-state index is -3.58. The summed E-state index contributed by atoms with van der Waals surface area (Å²) in [6.07, 6.45) is 0. The van der Waals surface area contributed by atoms with Gasteiger partial charge >= 0.3 is 0 Å². The second kappa shape index (κ2) is 10.5. The highest BCUT2D eigenvalue weighted by atomic mass is 32.2. The van der Waals surface area contributed by atoms with E-state index >= 15 is 0 Å². The van der Waals surface area contributed by atoms with Gasteiger partial charge in [0.05, 0.1) is 21.2 Å². The van der Waals surface area contributed by atoms with Gasteiger partial charge in [-0.3, -0.25) is 4.79 Å². The molecule has 9 nitrogen and oxygen atoms in total. The van der Waals surface area contributed by atoms with Gasteiger partial charge in [0.25, 0.3) is 0 Å². The summed E-state index contributed by atoms with van der Waals surface area (Å²) in [6, 6.07) is 10.6. The molecule has 2 aromatic carbocycles. The van der Waals surface area contributed by atoms with Crippen molar-refractivity contribution in [2.45, 2.75) is 56.1 Å². The van der Waals surface area contributed by atoms with Crippen molar-refractivity contribution in [3.63, 3.8) is 0 Å². The second-order valence-corrected chi connectivity index (χ2v) is 11.3. The summed E-state index contributed by atoms with van der Waals surface area (Å²) in [4.78, 5) is 17.7. The molecule has 1 atom stereocenters. The zero-order chi connectivity index (χ0) is 25.2. The Balaban J connectivity index is 1.49. The van der Waals surface area contributed by atoms with Crippen molar-refractivity contribution in [2.75, 3.05) is 19.9 Å². The number of amides is 1. The lowest BCUT2D eigenvalue weighted by molar-refractivity contribution is -0.120. The van der Waals surface area contributed by atoms with Crippen LogP contribution in [0.3, 0.4) is 0 Å². The molecular formula is C24H30N4O5S2. The molecule has 1 aromatic heterocycles. The zero-order valence-corrected chi connectivity index (χ0v) is 21.9. The second-order valence-electron chi connectivity index (χ2n) is 8.04. The average molecular weight is 519 g/mol. The first-order valence-electron chi connectivity index (χ1n) is 11.6. The van der Waals surface area contributed by atoms with Crippen LogP contribution in [0.15, 0.2) is 46.5 Å². The molecular weight excluding hydrogens is 488 g/mol. The Morgan fingerprint density at radius 1 is 1.14 bits per heavy atom. The van der Waals surface area contributed by atoms with Gasteiger partial charge in [-0.25, -0.2) is 13.4 Å². The Morgan fingerprint density at radius 3 is 2.60 bits per heavy atom. The molecule has 0 bridgehead atoms. The predicted molar refractivity (Wildman–Crippen MR) is 135 cm³/mol. The molecule has 0 saturated heterocycles. The fraction of sp³-hybridized carbons (Fsp3) is 0.417. The Labute approximate surface area is 209 Å². The lowest BCUT2D eigenvalue weighted by Gasteiger charge is -2.18. The van der Waals surface area contributed by atoms with Crippen LogP contribution in [-0.4, -0.2) is 53.3 Å². The number of nitrogens with zero attached hydrogens (tertiary/aromatic N) is 3. The molecule has 1 N–H and O–H groups in total. The first-order chi connectivity index (χ1) is 16.8. The summed E-state index contributed by atoms with van der Waals surface area (Å²) in [5.74, 6) is 1.26. The first-order valence-corrected chi connectivity index (χ1v) is 13.9. The molecule has 4 rings (SSSR count). The van der Waals surface area contributed by atoms with E-state index in [9.17, 15) is 13.2 Å². The van der Waals surface area contributed by atoms with E-state index in [1.807, 2.05) is 50.5 Å². The smallest absolute Gasteiger partial charge is 0.243 e. The Morgan fingerprint density at radius 2 is 1.89 bits per heavy atom. The van der Waals surface area contributed by atoms with Crippen LogP contribution in [0, 0.1) is 0 Å². The number of rotatable bonds is 10. The summed E-state index contributed by atoms with van der Waals surface area (Å²) in [5, 5.41) is 3.23. The van der Waals surface area contributed by atoms with E-state index in [0.717, 1.165) is 11.1 Å². The number of fused-ring (bicyclic) bond motifs is 2. The van der Waals surface area contributed by atoms with Gasteiger partial charge in [0, 0.05) is 26.2 Å². The molecule has 1 amide bonds. The van der Waals surface area contributed by atoms with Gasteiger partial charge in [-0.15, -0.1) is 0 Å². The Kier molecular flexibility index (Phi) is 7.58. The molecule has 35 heavy (non-hydrogen) atoms.